The van der Waals surface area contributed by atoms with E-state index in [9.17, 15) is 9.18 Å². The molecule has 0 radical (unpaired) electrons. The van der Waals surface area contributed by atoms with Crippen LogP contribution in [-0.4, -0.2) is 16.2 Å². The quantitative estimate of drug-likeness (QED) is 0.442. The third-order valence-electron chi connectivity index (χ3n) is 4.19. The van der Waals surface area contributed by atoms with Crippen molar-refractivity contribution in [3.8, 4) is 0 Å². The Morgan fingerprint density at radius 3 is 2.39 bits per heavy atom. The lowest BCUT2D eigenvalue weighted by molar-refractivity contribution is 0.262. The Bertz CT molecular complexity index is 1130. The third kappa shape index (κ3) is 4.07. The van der Waals surface area contributed by atoms with Crippen LogP contribution in [0.4, 0.5) is 20.6 Å². The summed E-state index contributed by atoms with van der Waals surface area (Å²) in [4.78, 5) is 12.1. The van der Waals surface area contributed by atoms with Crippen LogP contribution in [0.25, 0.3) is 23.1 Å². The molecule has 0 fully saturated rings. The Balaban J connectivity index is 1.47. The second-order valence-corrected chi connectivity index (χ2v) is 6.20. The first-order valence-electron chi connectivity index (χ1n) is 8.72. The summed E-state index contributed by atoms with van der Waals surface area (Å²) in [5.41, 5.74) is 3.85. The van der Waals surface area contributed by atoms with Crippen LogP contribution in [0.5, 0.6) is 0 Å². The van der Waals surface area contributed by atoms with Crippen molar-refractivity contribution in [1.82, 2.24) is 10.2 Å². The number of aromatic nitrogens is 2. The molecule has 4 aromatic rings. The molecule has 3 aromatic carbocycles. The number of hydrogen-bond acceptors (Lipinski definition) is 2. The summed E-state index contributed by atoms with van der Waals surface area (Å²) in [6.45, 7) is 0. The minimum Gasteiger partial charge on any atom is -0.308 e. The van der Waals surface area contributed by atoms with Crippen LogP contribution in [0, 0.1) is 5.82 Å². The second kappa shape index (κ2) is 7.75. The Kier molecular flexibility index (Phi) is 4.84. The molecule has 0 aliphatic heterocycles. The van der Waals surface area contributed by atoms with Crippen LogP contribution in [0.1, 0.15) is 11.3 Å². The standard InChI is InChI=1S/C22H17FN4O/c23-16-7-9-17(10-8-16)24-22(28)25-18-11-12-19-20(26-27-21(19)14-18)13-6-15-4-2-1-3-5-15/h1-14H,(H,26,27)(H2,24,25,28)/b13-6+. The van der Waals surface area contributed by atoms with Crippen molar-refractivity contribution in [2.24, 2.45) is 0 Å². The first-order chi connectivity index (χ1) is 13.7. The number of benzene rings is 3. The number of aromatic amines is 1. The summed E-state index contributed by atoms with van der Waals surface area (Å²) < 4.78 is 12.9. The van der Waals surface area contributed by atoms with Crippen molar-refractivity contribution >= 4 is 40.5 Å². The van der Waals surface area contributed by atoms with Crippen molar-refractivity contribution in [1.29, 1.82) is 0 Å². The average Bonchev–Trinajstić information content (AvgIpc) is 3.11. The van der Waals surface area contributed by atoms with Crippen LogP contribution < -0.4 is 10.6 Å². The lowest BCUT2D eigenvalue weighted by Crippen LogP contribution is -2.19. The number of nitrogens with zero attached hydrogens (tertiary/aromatic N) is 1. The van der Waals surface area contributed by atoms with Crippen LogP contribution in [0.3, 0.4) is 0 Å². The zero-order chi connectivity index (χ0) is 19.3. The zero-order valence-electron chi connectivity index (χ0n) is 14.8. The van der Waals surface area contributed by atoms with Gasteiger partial charge in [-0.2, -0.15) is 5.10 Å². The maximum Gasteiger partial charge on any atom is 0.323 e. The fourth-order valence-corrected chi connectivity index (χ4v) is 2.81. The van der Waals surface area contributed by atoms with E-state index in [4.69, 9.17) is 0 Å². The summed E-state index contributed by atoms with van der Waals surface area (Å²) in [5, 5.41) is 13.7. The normalized spacial score (nSPS) is 11.0. The van der Waals surface area contributed by atoms with Gasteiger partial charge in [-0.05, 0) is 54.1 Å². The fourth-order valence-electron chi connectivity index (χ4n) is 2.81. The number of rotatable bonds is 4. The van der Waals surface area contributed by atoms with E-state index in [-0.39, 0.29) is 5.82 Å². The third-order valence-corrected chi connectivity index (χ3v) is 4.19. The molecule has 6 heteroatoms. The monoisotopic (exact) mass is 372 g/mol. The van der Waals surface area contributed by atoms with Gasteiger partial charge in [-0.15, -0.1) is 0 Å². The second-order valence-electron chi connectivity index (χ2n) is 6.20. The highest BCUT2D eigenvalue weighted by atomic mass is 19.1. The number of anilines is 2. The van der Waals surface area contributed by atoms with Gasteiger partial charge in [0.15, 0.2) is 0 Å². The number of carbonyl (C=O) groups excluding carboxylic acids is 1. The van der Waals surface area contributed by atoms with Gasteiger partial charge < -0.3 is 10.6 Å². The number of H-pyrrole nitrogens is 1. The molecule has 28 heavy (non-hydrogen) atoms. The molecule has 1 heterocycles. The number of fused-ring (bicyclic) bond motifs is 1. The molecule has 0 aliphatic carbocycles. The minimum absolute atomic E-state index is 0.354. The molecule has 0 saturated carbocycles. The molecule has 1 aromatic heterocycles. The molecule has 138 valence electrons. The van der Waals surface area contributed by atoms with Gasteiger partial charge in [0.05, 0.1) is 11.2 Å². The Morgan fingerprint density at radius 2 is 1.61 bits per heavy atom. The van der Waals surface area contributed by atoms with E-state index < -0.39 is 6.03 Å². The lowest BCUT2D eigenvalue weighted by atomic mass is 10.1. The topological polar surface area (TPSA) is 69.8 Å². The average molecular weight is 372 g/mol. The van der Waals surface area contributed by atoms with Gasteiger partial charge in [0, 0.05) is 16.8 Å². The molecule has 0 unspecified atom stereocenters. The summed E-state index contributed by atoms with van der Waals surface area (Å²) in [6.07, 6.45) is 3.94. The van der Waals surface area contributed by atoms with Gasteiger partial charge in [0.25, 0.3) is 0 Å². The fraction of sp³-hybridized carbons (Fsp3) is 0. The summed E-state index contributed by atoms with van der Waals surface area (Å²) in [5.74, 6) is -0.354. The van der Waals surface area contributed by atoms with Crippen molar-refractivity contribution in [3.05, 3.63) is 89.9 Å². The highest BCUT2D eigenvalue weighted by molar-refractivity contribution is 6.01. The smallest absolute Gasteiger partial charge is 0.308 e. The Labute approximate surface area is 160 Å². The zero-order valence-corrected chi connectivity index (χ0v) is 14.8. The SMILES string of the molecule is O=C(Nc1ccc(F)cc1)Nc1ccc2c(/C=C/c3ccccc3)n[nH]c2c1. The van der Waals surface area contributed by atoms with Gasteiger partial charge in [-0.1, -0.05) is 36.4 Å². The molecular weight excluding hydrogens is 355 g/mol. The number of halogens is 1. The number of carbonyl (C=O) groups is 1. The van der Waals surface area contributed by atoms with Crippen LogP contribution in [0.15, 0.2) is 72.8 Å². The number of hydrogen-bond donors (Lipinski definition) is 3. The van der Waals surface area contributed by atoms with Gasteiger partial charge in [-0.25, -0.2) is 9.18 Å². The van der Waals surface area contributed by atoms with Gasteiger partial charge in [0.1, 0.15) is 5.82 Å². The van der Waals surface area contributed by atoms with E-state index in [2.05, 4.69) is 20.8 Å². The molecule has 0 spiro atoms. The summed E-state index contributed by atoms with van der Waals surface area (Å²) in [6, 6.07) is 20.7. The van der Waals surface area contributed by atoms with E-state index in [0.29, 0.717) is 11.4 Å². The molecule has 4 rings (SSSR count). The van der Waals surface area contributed by atoms with Gasteiger partial charge in [-0.3, -0.25) is 5.10 Å². The predicted molar refractivity (Wildman–Crippen MR) is 111 cm³/mol. The van der Waals surface area contributed by atoms with Crippen molar-refractivity contribution in [2.75, 3.05) is 10.6 Å². The highest BCUT2D eigenvalue weighted by Gasteiger charge is 2.07. The molecule has 0 atom stereocenters. The van der Waals surface area contributed by atoms with Crippen LogP contribution >= 0.6 is 0 Å². The minimum atomic E-state index is -0.408. The van der Waals surface area contributed by atoms with Crippen molar-refractivity contribution in [3.63, 3.8) is 0 Å². The van der Waals surface area contributed by atoms with Gasteiger partial charge >= 0.3 is 6.03 Å². The van der Waals surface area contributed by atoms with E-state index in [1.807, 2.05) is 60.7 Å². The molecule has 2 amide bonds. The molecule has 3 N–H and O–H groups in total. The Hall–Kier alpha value is -3.93. The molecule has 0 aliphatic rings. The van der Waals surface area contributed by atoms with E-state index in [1.165, 1.54) is 24.3 Å². The summed E-state index contributed by atoms with van der Waals surface area (Å²) >= 11 is 0. The first kappa shape index (κ1) is 17.5. The van der Waals surface area contributed by atoms with E-state index in [0.717, 1.165) is 22.2 Å². The molecule has 0 bridgehead atoms. The van der Waals surface area contributed by atoms with Crippen LogP contribution in [0.2, 0.25) is 0 Å². The molecular formula is C22H17FN4O. The first-order valence-corrected chi connectivity index (χ1v) is 8.72. The maximum atomic E-state index is 12.9. The highest BCUT2D eigenvalue weighted by Crippen LogP contribution is 2.22. The lowest BCUT2D eigenvalue weighted by Gasteiger charge is -2.07. The number of amides is 2. The van der Waals surface area contributed by atoms with Crippen molar-refractivity contribution < 1.29 is 9.18 Å². The molecule has 5 nitrogen and oxygen atoms in total. The largest absolute Gasteiger partial charge is 0.323 e. The van der Waals surface area contributed by atoms with Gasteiger partial charge in [0.2, 0.25) is 0 Å². The van der Waals surface area contributed by atoms with Crippen molar-refractivity contribution in [2.45, 2.75) is 0 Å². The Morgan fingerprint density at radius 1 is 0.893 bits per heavy atom. The number of nitrogens with one attached hydrogen (secondary N) is 3. The number of urea groups is 1. The van der Waals surface area contributed by atoms with Crippen LogP contribution in [-0.2, 0) is 0 Å². The predicted octanol–water partition coefficient (Wildman–Crippen LogP) is 5.52. The summed E-state index contributed by atoms with van der Waals surface area (Å²) in [7, 11) is 0. The molecule has 0 saturated heterocycles. The van der Waals surface area contributed by atoms with E-state index in [1.54, 1.807) is 0 Å². The van der Waals surface area contributed by atoms with E-state index >= 15 is 0 Å². The maximum absolute atomic E-state index is 12.9.